The fourth-order valence-corrected chi connectivity index (χ4v) is 2.57. The first kappa shape index (κ1) is 16.5. The smallest absolute Gasteiger partial charge is 0.229 e. The van der Waals surface area contributed by atoms with Crippen molar-refractivity contribution in [2.24, 2.45) is 0 Å². The second-order valence-corrected chi connectivity index (χ2v) is 5.94. The summed E-state index contributed by atoms with van der Waals surface area (Å²) in [6.07, 6.45) is 0.661. The quantitative estimate of drug-likeness (QED) is 0.587. The topological polar surface area (TPSA) is 70.1 Å². The second kappa shape index (κ2) is 7.47. The van der Waals surface area contributed by atoms with E-state index in [-0.39, 0.29) is 6.61 Å². The maximum Gasteiger partial charge on any atom is 0.229 e. The van der Waals surface area contributed by atoms with Crippen LogP contribution in [0.25, 0.3) is 10.9 Å². The molecule has 0 fully saturated rings. The maximum atomic E-state index is 8.97. The molecule has 0 spiro atoms. The summed E-state index contributed by atoms with van der Waals surface area (Å²) in [7, 11) is 0. The van der Waals surface area contributed by atoms with Crippen molar-refractivity contribution in [1.29, 1.82) is 0 Å². The highest BCUT2D eigenvalue weighted by Crippen LogP contribution is 2.26. The van der Waals surface area contributed by atoms with Crippen LogP contribution in [0.2, 0.25) is 5.02 Å². The molecule has 0 amide bonds. The fourth-order valence-electron chi connectivity index (χ4n) is 2.40. The molecular weight excluding hydrogens is 324 g/mol. The van der Waals surface area contributed by atoms with Crippen LogP contribution in [-0.2, 0) is 0 Å². The average molecular weight is 343 g/mol. The van der Waals surface area contributed by atoms with E-state index < -0.39 is 0 Å². The molecule has 0 aliphatic carbocycles. The number of hydrogen-bond donors (Lipinski definition) is 3. The van der Waals surface area contributed by atoms with Gasteiger partial charge in [-0.15, -0.1) is 0 Å². The molecular formula is C18H19ClN4O. The van der Waals surface area contributed by atoms with E-state index in [1.54, 1.807) is 0 Å². The van der Waals surface area contributed by atoms with Gasteiger partial charge in [-0.1, -0.05) is 29.8 Å². The minimum atomic E-state index is 0.142. The molecule has 0 bridgehead atoms. The van der Waals surface area contributed by atoms with Crippen molar-refractivity contribution in [3.05, 3.63) is 53.1 Å². The summed E-state index contributed by atoms with van der Waals surface area (Å²) in [6.45, 7) is 2.79. The van der Waals surface area contributed by atoms with Gasteiger partial charge in [0.05, 0.1) is 5.52 Å². The highest BCUT2D eigenvalue weighted by Gasteiger charge is 2.09. The van der Waals surface area contributed by atoms with Crippen LogP contribution in [0, 0.1) is 6.92 Å². The van der Waals surface area contributed by atoms with E-state index in [1.807, 2.05) is 49.4 Å². The number of aliphatic hydroxyl groups is 1. The molecule has 0 unspecified atom stereocenters. The standard InChI is InChI=1S/C18H19ClN4O/c1-12-7-8-13(19)11-16(12)22-18-21-15-6-3-2-5-14(15)17(23-18)20-9-4-10-24/h2-3,5-8,11,24H,4,9-10H2,1H3,(H2,20,21,22,23). The number of aromatic nitrogens is 2. The number of rotatable bonds is 6. The summed E-state index contributed by atoms with van der Waals surface area (Å²) < 4.78 is 0. The Hall–Kier alpha value is -2.37. The largest absolute Gasteiger partial charge is 0.396 e. The van der Waals surface area contributed by atoms with Crippen molar-refractivity contribution in [2.45, 2.75) is 13.3 Å². The summed E-state index contributed by atoms with van der Waals surface area (Å²) in [5.41, 5.74) is 2.78. The Morgan fingerprint density at radius 3 is 2.79 bits per heavy atom. The lowest BCUT2D eigenvalue weighted by Gasteiger charge is -2.13. The number of benzene rings is 2. The van der Waals surface area contributed by atoms with E-state index in [2.05, 4.69) is 20.6 Å². The van der Waals surface area contributed by atoms with Crippen LogP contribution < -0.4 is 10.6 Å². The second-order valence-electron chi connectivity index (χ2n) is 5.50. The fraction of sp³-hybridized carbons (Fsp3) is 0.222. The lowest BCUT2D eigenvalue weighted by Crippen LogP contribution is -2.08. The minimum Gasteiger partial charge on any atom is -0.396 e. The van der Waals surface area contributed by atoms with E-state index in [0.717, 1.165) is 28.0 Å². The molecule has 3 aromatic rings. The first-order chi connectivity index (χ1) is 11.7. The Morgan fingerprint density at radius 1 is 1.12 bits per heavy atom. The molecule has 0 saturated carbocycles. The number of fused-ring (bicyclic) bond motifs is 1. The molecule has 0 atom stereocenters. The lowest BCUT2D eigenvalue weighted by atomic mass is 10.2. The molecule has 5 nitrogen and oxygen atoms in total. The molecule has 0 saturated heterocycles. The van der Waals surface area contributed by atoms with Gasteiger partial charge in [-0.3, -0.25) is 0 Å². The van der Waals surface area contributed by atoms with Crippen LogP contribution in [0.1, 0.15) is 12.0 Å². The predicted molar refractivity (Wildman–Crippen MR) is 99.2 cm³/mol. The Morgan fingerprint density at radius 2 is 1.96 bits per heavy atom. The zero-order chi connectivity index (χ0) is 16.9. The Labute approximate surface area is 145 Å². The van der Waals surface area contributed by atoms with Crippen molar-refractivity contribution < 1.29 is 5.11 Å². The van der Waals surface area contributed by atoms with Gasteiger partial charge < -0.3 is 15.7 Å². The van der Waals surface area contributed by atoms with Crippen LogP contribution in [-0.4, -0.2) is 28.2 Å². The molecule has 0 aliphatic heterocycles. The Balaban J connectivity index is 1.97. The van der Waals surface area contributed by atoms with Crippen LogP contribution in [0.3, 0.4) is 0 Å². The molecule has 24 heavy (non-hydrogen) atoms. The number of anilines is 3. The summed E-state index contributed by atoms with van der Waals surface area (Å²) in [5.74, 6) is 1.25. The van der Waals surface area contributed by atoms with Gasteiger partial charge in [0, 0.05) is 29.2 Å². The molecule has 0 aliphatic rings. The third-order valence-corrected chi connectivity index (χ3v) is 3.91. The lowest BCUT2D eigenvalue weighted by molar-refractivity contribution is 0.292. The summed E-state index contributed by atoms with van der Waals surface area (Å²) in [5, 5.41) is 17.1. The number of halogens is 1. The molecule has 2 aromatic carbocycles. The number of aliphatic hydroxyl groups excluding tert-OH is 1. The molecule has 124 valence electrons. The minimum absolute atomic E-state index is 0.142. The van der Waals surface area contributed by atoms with Crippen molar-refractivity contribution in [3.63, 3.8) is 0 Å². The zero-order valence-electron chi connectivity index (χ0n) is 13.4. The Kier molecular flexibility index (Phi) is 5.13. The van der Waals surface area contributed by atoms with Gasteiger partial charge in [0.25, 0.3) is 0 Å². The van der Waals surface area contributed by atoms with E-state index in [4.69, 9.17) is 16.7 Å². The number of hydrogen-bond acceptors (Lipinski definition) is 5. The van der Waals surface area contributed by atoms with Crippen LogP contribution >= 0.6 is 11.6 Å². The van der Waals surface area contributed by atoms with Crippen molar-refractivity contribution in [2.75, 3.05) is 23.8 Å². The van der Waals surface area contributed by atoms with Gasteiger partial charge in [-0.05, 0) is 43.2 Å². The predicted octanol–water partition coefficient (Wildman–Crippen LogP) is 4.13. The van der Waals surface area contributed by atoms with Crippen molar-refractivity contribution in [3.8, 4) is 0 Å². The molecule has 0 radical (unpaired) electrons. The molecule has 3 rings (SSSR count). The molecule has 1 heterocycles. The normalized spacial score (nSPS) is 10.8. The van der Waals surface area contributed by atoms with Gasteiger partial charge >= 0.3 is 0 Å². The van der Waals surface area contributed by atoms with Crippen molar-refractivity contribution in [1.82, 2.24) is 9.97 Å². The van der Waals surface area contributed by atoms with Gasteiger partial charge in [0.15, 0.2) is 0 Å². The molecule has 1 aromatic heterocycles. The number of nitrogens with one attached hydrogen (secondary N) is 2. The number of para-hydroxylation sites is 1. The van der Waals surface area contributed by atoms with E-state index in [0.29, 0.717) is 23.9 Å². The van der Waals surface area contributed by atoms with Crippen molar-refractivity contribution >= 4 is 40.0 Å². The number of aryl methyl sites for hydroxylation is 1. The SMILES string of the molecule is Cc1ccc(Cl)cc1Nc1nc(NCCCO)c2ccccc2n1. The summed E-state index contributed by atoms with van der Waals surface area (Å²) in [6, 6.07) is 13.5. The highest BCUT2D eigenvalue weighted by molar-refractivity contribution is 6.30. The number of nitrogens with zero attached hydrogens (tertiary/aromatic N) is 2. The Bertz CT molecular complexity index is 854. The summed E-state index contributed by atoms with van der Waals surface area (Å²) >= 11 is 6.08. The summed E-state index contributed by atoms with van der Waals surface area (Å²) in [4.78, 5) is 9.16. The van der Waals surface area contributed by atoms with Gasteiger partial charge in [-0.25, -0.2) is 4.98 Å². The first-order valence-corrected chi connectivity index (χ1v) is 8.20. The van der Waals surface area contributed by atoms with Gasteiger partial charge in [0.1, 0.15) is 5.82 Å². The van der Waals surface area contributed by atoms with Crippen LogP contribution in [0.5, 0.6) is 0 Å². The monoisotopic (exact) mass is 342 g/mol. The maximum absolute atomic E-state index is 8.97. The van der Waals surface area contributed by atoms with E-state index >= 15 is 0 Å². The third kappa shape index (κ3) is 3.75. The molecule has 6 heteroatoms. The van der Waals surface area contributed by atoms with E-state index in [9.17, 15) is 0 Å². The average Bonchev–Trinajstić information content (AvgIpc) is 2.58. The third-order valence-electron chi connectivity index (χ3n) is 3.68. The van der Waals surface area contributed by atoms with E-state index in [1.165, 1.54) is 0 Å². The highest BCUT2D eigenvalue weighted by atomic mass is 35.5. The molecule has 3 N–H and O–H groups in total. The van der Waals surface area contributed by atoms with Gasteiger partial charge in [0.2, 0.25) is 5.95 Å². The van der Waals surface area contributed by atoms with Crippen LogP contribution in [0.4, 0.5) is 17.5 Å². The van der Waals surface area contributed by atoms with Crippen LogP contribution in [0.15, 0.2) is 42.5 Å². The van der Waals surface area contributed by atoms with Gasteiger partial charge in [-0.2, -0.15) is 4.98 Å². The zero-order valence-corrected chi connectivity index (χ0v) is 14.1. The first-order valence-electron chi connectivity index (χ1n) is 7.82.